The van der Waals surface area contributed by atoms with Crippen LogP contribution in [0.4, 0.5) is 52.7 Å². The van der Waals surface area contributed by atoms with E-state index in [9.17, 15) is 62.3 Å². The van der Waals surface area contributed by atoms with Crippen molar-refractivity contribution in [3.8, 4) is 0 Å². The molecule has 23 heteroatoms. The number of carboxylic acids is 4. The minimum atomic E-state index is -5.08. The van der Waals surface area contributed by atoms with Gasteiger partial charge in [0.25, 0.3) is 11.8 Å². The lowest BCUT2D eigenvalue weighted by atomic mass is 10.1. The number of amides is 2. The van der Waals surface area contributed by atoms with Gasteiger partial charge in [0.15, 0.2) is 0 Å². The van der Waals surface area contributed by atoms with Crippen molar-refractivity contribution < 1.29 is 102 Å². The van der Waals surface area contributed by atoms with Crippen molar-refractivity contribution in [3.05, 3.63) is 35.4 Å². The number of carbonyl (C=O) groups excluding carboxylic acids is 2. The molecule has 1 aliphatic heterocycles. The maximum atomic E-state index is 10.9. The van der Waals surface area contributed by atoms with Gasteiger partial charge in [0.2, 0.25) is 0 Å². The second-order valence-electron chi connectivity index (χ2n) is 5.54. The molecular formula is C16H9F12NO10. The van der Waals surface area contributed by atoms with Crippen molar-refractivity contribution in [1.82, 2.24) is 5.32 Å². The Morgan fingerprint density at radius 3 is 0.769 bits per heavy atom. The maximum Gasteiger partial charge on any atom is 0.490 e. The number of halogens is 12. The Morgan fingerprint density at radius 2 is 0.641 bits per heavy atom. The molecule has 0 atom stereocenters. The zero-order chi connectivity index (χ0) is 32.2. The first-order valence-corrected chi connectivity index (χ1v) is 8.21. The molecule has 1 aromatic carbocycles. The van der Waals surface area contributed by atoms with E-state index in [-0.39, 0.29) is 11.8 Å². The van der Waals surface area contributed by atoms with E-state index < -0.39 is 48.6 Å². The summed E-state index contributed by atoms with van der Waals surface area (Å²) in [5, 5.41) is 30.7. The molecule has 39 heavy (non-hydrogen) atoms. The molecule has 0 saturated heterocycles. The van der Waals surface area contributed by atoms with E-state index in [4.69, 9.17) is 39.6 Å². The number of carbonyl (C=O) groups is 6. The molecule has 0 unspecified atom stereocenters. The fraction of sp³-hybridized carbons (Fsp3) is 0.250. The van der Waals surface area contributed by atoms with Crippen LogP contribution in [0.2, 0.25) is 0 Å². The molecule has 222 valence electrons. The fourth-order valence-corrected chi connectivity index (χ4v) is 1.12. The third-order valence-corrected chi connectivity index (χ3v) is 2.61. The van der Waals surface area contributed by atoms with Crippen LogP contribution in [-0.2, 0) is 19.2 Å². The molecule has 0 bridgehead atoms. The Labute approximate surface area is 204 Å². The van der Waals surface area contributed by atoms with Crippen LogP contribution >= 0.6 is 0 Å². The number of imide groups is 1. The highest BCUT2D eigenvalue weighted by Crippen LogP contribution is 2.15. The third-order valence-electron chi connectivity index (χ3n) is 2.61. The number of fused-ring (bicyclic) bond motifs is 1. The first kappa shape index (κ1) is 38.9. The van der Waals surface area contributed by atoms with Gasteiger partial charge in [-0.15, -0.1) is 0 Å². The van der Waals surface area contributed by atoms with E-state index in [2.05, 4.69) is 5.32 Å². The number of hydrogen-bond acceptors (Lipinski definition) is 6. The molecule has 0 saturated carbocycles. The SMILES string of the molecule is O=C(O)C(F)(F)F.O=C(O)C(F)(F)F.O=C(O)C(F)(F)F.O=C(O)C(F)(F)F.O=C1NC(=O)c2ccccc21. The minimum absolute atomic E-state index is 0.300. The van der Waals surface area contributed by atoms with Crippen LogP contribution in [0.3, 0.4) is 0 Å². The normalized spacial score (nSPS) is 12.2. The highest BCUT2D eigenvalue weighted by atomic mass is 19.4. The molecule has 1 aromatic rings. The summed E-state index contributed by atoms with van der Waals surface area (Å²) in [5.41, 5.74) is 0.940. The number of hydrogen-bond donors (Lipinski definition) is 5. The van der Waals surface area contributed by atoms with Gasteiger partial charge in [-0.3, -0.25) is 14.9 Å². The summed E-state index contributed by atoms with van der Waals surface area (Å²) < 4.78 is 127. The molecule has 0 fully saturated rings. The minimum Gasteiger partial charge on any atom is -0.475 e. The number of benzene rings is 1. The Hall–Kier alpha value is -4.60. The van der Waals surface area contributed by atoms with E-state index >= 15 is 0 Å². The van der Waals surface area contributed by atoms with Crippen molar-refractivity contribution in [2.75, 3.05) is 0 Å². The largest absolute Gasteiger partial charge is 0.490 e. The Morgan fingerprint density at radius 1 is 0.487 bits per heavy atom. The highest BCUT2D eigenvalue weighted by molar-refractivity contribution is 6.21. The van der Waals surface area contributed by atoms with Crippen LogP contribution in [0.25, 0.3) is 0 Å². The standard InChI is InChI=1S/C8H5NO2.4C2HF3O2/c10-7-5-3-1-2-4-6(5)8(11)9-7;4*3-2(4,5)1(6)7/h1-4H,(H,9,10,11);4*(H,6,7). The lowest BCUT2D eigenvalue weighted by Gasteiger charge is -1.93. The van der Waals surface area contributed by atoms with E-state index in [0.29, 0.717) is 11.1 Å². The number of carboxylic acid groups (broad SMARTS) is 4. The zero-order valence-electron chi connectivity index (χ0n) is 17.6. The van der Waals surface area contributed by atoms with Gasteiger partial charge in [-0.05, 0) is 12.1 Å². The van der Waals surface area contributed by atoms with Crippen LogP contribution in [0.1, 0.15) is 20.7 Å². The topological polar surface area (TPSA) is 195 Å². The molecule has 2 amide bonds. The first-order chi connectivity index (χ1) is 17.1. The summed E-state index contributed by atoms with van der Waals surface area (Å²) in [6.45, 7) is 0. The van der Waals surface area contributed by atoms with Crippen LogP contribution < -0.4 is 5.32 Å². The Kier molecular flexibility index (Phi) is 14.9. The van der Waals surface area contributed by atoms with Gasteiger partial charge in [-0.1, -0.05) is 12.1 Å². The molecule has 0 aromatic heterocycles. The van der Waals surface area contributed by atoms with Gasteiger partial charge in [-0.2, -0.15) is 52.7 Å². The maximum absolute atomic E-state index is 10.9. The van der Waals surface area contributed by atoms with Gasteiger partial charge in [-0.25, -0.2) is 19.2 Å². The second-order valence-corrected chi connectivity index (χ2v) is 5.54. The predicted molar refractivity (Wildman–Crippen MR) is 93.0 cm³/mol. The zero-order valence-corrected chi connectivity index (χ0v) is 17.6. The van der Waals surface area contributed by atoms with Gasteiger partial charge < -0.3 is 20.4 Å². The highest BCUT2D eigenvalue weighted by Gasteiger charge is 2.40. The number of alkyl halides is 12. The molecule has 11 nitrogen and oxygen atoms in total. The van der Waals surface area contributed by atoms with E-state index in [0.717, 1.165) is 0 Å². The average Bonchev–Trinajstić information content (AvgIpc) is 3.01. The smallest absolute Gasteiger partial charge is 0.475 e. The van der Waals surface area contributed by atoms with Crippen molar-refractivity contribution >= 4 is 35.7 Å². The first-order valence-electron chi connectivity index (χ1n) is 8.21. The van der Waals surface area contributed by atoms with Crippen LogP contribution in [-0.4, -0.2) is 80.8 Å². The third kappa shape index (κ3) is 18.3. The molecule has 1 heterocycles. The summed E-state index contributed by atoms with van der Waals surface area (Å²) in [6.07, 6.45) is -20.3. The quantitative estimate of drug-likeness (QED) is 0.217. The van der Waals surface area contributed by atoms with Crippen molar-refractivity contribution in [2.45, 2.75) is 24.7 Å². The molecule has 0 spiro atoms. The Bertz CT molecular complexity index is 913. The number of nitrogens with one attached hydrogen (secondary N) is 1. The summed E-state index contributed by atoms with van der Waals surface area (Å²) in [7, 11) is 0. The van der Waals surface area contributed by atoms with E-state index in [1.54, 1.807) is 24.3 Å². The van der Waals surface area contributed by atoms with Crippen LogP contribution in [0.5, 0.6) is 0 Å². The summed E-state index contributed by atoms with van der Waals surface area (Å²) >= 11 is 0. The van der Waals surface area contributed by atoms with Crippen LogP contribution in [0.15, 0.2) is 24.3 Å². The molecule has 2 rings (SSSR count). The monoisotopic (exact) mass is 603 g/mol. The molecule has 1 aliphatic rings. The lowest BCUT2D eigenvalue weighted by Crippen LogP contribution is -2.21. The average molecular weight is 603 g/mol. The summed E-state index contributed by atoms with van der Waals surface area (Å²) in [6, 6.07) is 6.74. The fourth-order valence-electron chi connectivity index (χ4n) is 1.12. The van der Waals surface area contributed by atoms with Gasteiger partial charge in [0.05, 0.1) is 11.1 Å². The molecule has 0 radical (unpaired) electrons. The van der Waals surface area contributed by atoms with E-state index in [1.165, 1.54) is 0 Å². The molecule has 0 aliphatic carbocycles. The summed E-state index contributed by atoms with van der Waals surface area (Å²) in [5.74, 6) is -11.6. The second kappa shape index (κ2) is 15.0. The Balaban J connectivity index is -0.000000424. The predicted octanol–water partition coefficient (Wildman–Crippen LogP) is 3.10. The molecule has 5 N–H and O–H groups in total. The number of rotatable bonds is 0. The van der Waals surface area contributed by atoms with E-state index in [1.807, 2.05) is 0 Å². The van der Waals surface area contributed by atoms with Crippen molar-refractivity contribution in [1.29, 1.82) is 0 Å². The summed E-state index contributed by atoms with van der Waals surface area (Å²) in [4.78, 5) is 57.5. The van der Waals surface area contributed by atoms with Crippen LogP contribution in [0, 0.1) is 0 Å². The molecular weight excluding hydrogens is 594 g/mol. The lowest BCUT2D eigenvalue weighted by molar-refractivity contribution is -0.193. The van der Waals surface area contributed by atoms with Gasteiger partial charge >= 0.3 is 48.6 Å². The number of aliphatic carboxylic acids is 4. The van der Waals surface area contributed by atoms with Crippen molar-refractivity contribution in [3.63, 3.8) is 0 Å². The van der Waals surface area contributed by atoms with Crippen molar-refractivity contribution in [2.24, 2.45) is 0 Å². The van der Waals surface area contributed by atoms with Gasteiger partial charge in [0, 0.05) is 0 Å². The van der Waals surface area contributed by atoms with Gasteiger partial charge in [0.1, 0.15) is 0 Å².